The van der Waals surface area contributed by atoms with Crippen LogP contribution < -0.4 is 5.32 Å². The van der Waals surface area contributed by atoms with Crippen molar-refractivity contribution in [2.75, 3.05) is 17.7 Å². The standard InChI is InChI=1S/C20H21Br2NO5S/c1-12(7-8-27-17(24)11-29)19(15-9-13(21)10-16(22)18(15)25)28-20(26)23-14-5-3-2-4-6-14/h2-6,9-10,12,19,25,29H,7-8,11H2,1H3,(H,23,26)/t12-,19-/m1/s1. The van der Waals surface area contributed by atoms with Crippen LogP contribution in [0.2, 0.25) is 0 Å². The molecule has 0 spiro atoms. The molecule has 0 radical (unpaired) electrons. The van der Waals surface area contributed by atoms with Gasteiger partial charge in [0, 0.05) is 21.6 Å². The Kier molecular flexibility index (Phi) is 9.32. The number of benzene rings is 2. The number of ether oxygens (including phenoxy) is 2. The number of halogens is 2. The summed E-state index contributed by atoms with van der Waals surface area (Å²) in [5.41, 5.74) is 1.02. The highest BCUT2D eigenvalue weighted by Gasteiger charge is 2.28. The molecule has 0 unspecified atom stereocenters. The summed E-state index contributed by atoms with van der Waals surface area (Å²) in [7, 11) is 0. The third-order valence-electron chi connectivity index (χ3n) is 4.10. The lowest BCUT2D eigenvalue weighted by molar-refractivity contribution is -0.141. The fraction of sp³-hybridized carbons (Fsp3) is 0.300. The van der Waals surface area contributed by atoms with E-state index in [0.717, 1.165) is 0 Å². The first kappa shape index (κ1) is 23.6. The zero-order chi connectivity index (χ0) is 21.4. The number of thiol groups is 1. The quantitative estimate of drug-likeness (QED) is 0.292. The number of phenols is 1. The van der Waals surface area contributed by atoms with Gasteiger partial charge in [0.2, 0.25) is 0 Å². The number of hydrogen-bond donors (Lipinski definition) is 3. The number of amides is 1. The SMILES string of the molecule is C[C@H](CCOC(=O)CS)[C@@H](OC(=O)Nc1ccccc1)c1cc(Br)cc(Br)c1O. The Morgan fingerprint density at radius 2 is 1.90 bits per heavy atom. The summed E-state index contributed by atoms with van der Waals surface area (Å²) in [6, 6.07) is 12.3. The van der Waals surface area contributed by atoms with E-state index in [1.54, 1.807) is 36.4 Å². The van der Waals surface area contributed by atoms with Crippen LogP contribution in [0.5, 0.6) is 5.75 Å². The molecule has 0 fully saturated rings. The van der Waals surface area contributed by atoms with Crippen molar-refractivity contribution in [3.05, 3.63) is 57.0 Å². The Labute approximate surface area is 191 Å². The molecule has 2 aromatic rings. The zero-order valence-corrected chi connectivity index (χ0v) is 19.7. The van der Waals surface area contributed by atoms with Crippen molar-refractivity contribution in [3.8, 4) is 5.75 Å². The average molecular weight is 547 g/mol. The monoisotopic (exact) mass is 545 g/mol. The van der Waals surface area contributed by atoms with Crippen molar-refractivity contribution in [1.29, 1.82) is 0 Å². The lowest BCUT2D eigenvalue weighted by Gasteiger charge is -2.26. The van der Waals surface area contributed by atoms with Crippen LogP contribution >= 0.6 is 44.5 Å². The maximum absolute atomic E-state index is 12.5. The van der Waals surface area contributed by atoms with Gasteiger partial charge in [-0.1, -0.05) is 41.1 Å². The summed E-state index contributed by atoms with van der Waals surface area (Å²) in [6.45, 7) is 2.00. The van der Waals surface area contributed by atoms with E-state index >= 15 is 0 Å². The van der Waals surface area contributed by atoms with Gasteiger partial charge >= 0.3 is 12.1 Å². The summed E-state index contributed by atoms with van der Waals surface area (Å²) >= 11 is 10.6. The Bertz CT molecular complexity index is 850. The molecule has 0 heterocycles. The number of hydrogen-bond acceptors (Lipinski definition) is 6. The van der Waals surface area contributed by atoms with Gasteiger partial charge in [-0.2, -0.15) is 12.6 Å². The molecular formula is C20H21Br2NO5S. The van der Waals surface area contributed by atoms with Gasteiger partial charge in [-0.15, -0.1) is 0 Å². The van der Waals surface area contributed by atoms with Crippen molar-refractivity contribution >= 4 is 62.2 Å². The second-order valence-electron chi connectivity index (χ2n) is 6.29. The van der Waals surface area contributed by atoms with E-state index < -0.39 is 18.2 Å². The van der Waals surface area contributed by atoms with Gasteiger partial charge in [-0.25, -0.2) is 4.79 Å². The van der Waals surface area contributed by atoms with Crippen molar-refractivity contribution in [2.24, 2.45) is 5.92 Å². The van der Waals surface area contributed by atoms with Crippen LogP contribution in [0.25, 0.3) is 0 Å². The average Bonchev–Trinajstić information content (AvgIpc) is 2.69. The number of carbonyl (C=O) groups excluding carboxylic acids is 2. The van der Waals surface area contributed by atoms with Gasteiger partial charge in [0.05, 0.1) is 16.8 Å². The number of para-hydroxylation sites is 1. The lowest BCUT2D eigenvalue weighted by atomic mass is 9.94. The summed E-state index contributed by atoms with van der Waals surface area (Å²) in [6.07, 6.45) is -1.01. The van der Waals surface area contributed by atoms with Gasteiger partial charge < -0.3 is 14.6 Å². The summed E-state index contributed by atoms with van der Waals surface area (Å²) in [5, 5.41) is 13.2. The predicted molar refractivity (Wildman–Crippen MR) is 121 cm³/mol. The maximum Gasteiger partial charge on any atom is 0.412 e. The van der Waals surface area contributed by atoms with Gasteiger partial charge in [0.1, 0.15) is 11.9 Å². The maximum atomic E-state index is 12.5. The molecule has 0 aliphatic rings. The van der Waals surface area contributed by atoms with Gasteiger partial charge in [0.15, 0.2) is 0 Å². The molecule has 29 heavy (non-hydrogen) atoms. The first-order chi connectivity index (χ1) is 13.8. The molecule has 0 aliphatic carbocycles. The first-order valence-corrected chi connectivity index (χ1v) is 11.0. The second-order valence-corrected chi connectivity index (χ2v) is 8.37. The van der Waals surface area contributed by atoms with E-state index in [2.05, 4.69) is 49.8 Å². The van der Waals surface area contributed by atoms with Crippen LogP contribution in [0.4, 0.5) is 10.5 Å². The van der Waals surface area contributed by atoms with E-state index in [9.17, 15) is 14.7 Å². The Balaban J connectivity index is 2.20. The predicted octanol–water partition coefficient (Wildman–Crippen LogP) is 5.71. The molecule has 0 bridgehead atoms. The highest BCUT2D eigenvalue weighted by molar-refractivity contribution is 9.11. The number of anilines is 1. The normalized spacial score (nSPS) is 12.7. The van der Waals surface area contributed by atoms with Gasteiger partial charge in [-0.05, 0) is 46.6 Å². The second kappa shape index (κ2) is 11.5. The summed E-state index contributed by atoms with van der Waals surface area (Å²) in [5.74, 6) is -0.707. The first-order valence-electron chi connectivity index (χ1n) is 8.79. The number of esters is 1. The minimum atomic E-state index is -0.776. The molecule has 2 N–H and O–H groups in total. The van der Waals surface area contributed by atoms with Crippen LogP contribution in [0, 0.1) is 5.92 Å². The Hall–Kier alpha value is -1.71. The number of aromatic hydroxyl groups is 1. The lowest BCUT2D eigenvalue weighted by Crippen LogP contribution is -2.23. The molecule has 2 aromatic carbocycles. The van der Waals surface area contributed by atoms with Crippen LogP contribution in [0.15, 0.2) is 51.4 Å². The van der Waals surface area contributed by atoms with Gasteiger partial charge in [-0.3, -0.25) is 10.1 Å². The highest BCUT2D eigenvalue weighted by Crippen LogP contribution is 2.40. The van der Waals surface area contributed by atoms with E-state index in [-0.39, 0.29) is 24.0 Å². The minimum absolute atomic E-state index is 0.00679. The van der Waals surface area contributed by atoms with Crippen molar-refractivity contribution in [1.82, 2.24) is 0 Å². The molecule has 1 amide bonds. The Morgan fingerprint density at radius 1 is 1.21 bits per heavy atom. The molecule has 6 nitrogen and oxygen atoms in total. The fourth-order valence-electron chi connectivity index (χ4n) is 2.63. The molecule has 2 atom stereocenters. The van der Waals surface area contributed by atoms with E-state index in [0.29, 0.717) is 26.6 Å². The molecule has 0 aromatic heterocycles. The Morgan fingerprint density at radius 3 is 2.55 bits per heavy atom. The van der Waals surface area contributed by atoms with Crippen LogP contribution in [-0.4, -0.2) is 29.5 Å². The molecule has 0 aliphatic heterocycles. The number of nitrogens with one attached hydrogen (secondary N) is 1. The molecule has 2 rings (SSSR count). The molecular weight excluding hydrogens is 526 g/mol. The zero-order valence-electron chi connectivity index (χ0n) is 15.6. The smallest absolute Gasteiger partial charge is 0.412 e. The van der Waals surface area contributed by atoms with Crippen LogP contribution in [0.1, 0.15) is 25.0 Å². The van der Waals surface area contributed by atoms with Crippen LogP contribution in [0.3, 0.4) is 0 Å². The molecule has 0 saturated carbocycles. The number of phenolic OH excluding ortho intramolecular Hbond substituents is 1. The third-order valence-corrected chi connectivity index (χ3v) is 5.42. The number of carbonyl (C=O) groups is 2. The van der Waals surface area contributed by atoms with Crippen LogP contribution in [-0.2, 0) is 14.3 Å². The summed E-state index contributed by atoms with van der Waals surface area (Å²) < 4.78 is 11.9. The van der Waals surface area contributed by atoms with Crippen molar-refractivity contribution in [2.45, 2.75) is 19.4 Å². The molecule has 156 valence electrons. The fourth-order valence-corrected chi connectivity index (χ4v) is 3.98. The van der Waals surface area contributed by atoms with E-state index in [1.807, 2.05) is 13.0 Å². The van der Waals surface area contributed by atoms with Crippen molar-refractivity contribution < 1.29 is 24.2 Å². The number of rotatable bonds is 8. The van der Waals surface area contributed by atoms with Crippen molar-refractivity contribution in [3.63, 3.8) is 0 Å². The molecule has 9 heteroatoms. The molecule has 0 saturated heterocycles. The summed E-state index contributed by atoms with van der Waals surface area (Å²) in [4.78, 5) is 23.8. The van der Waals surface area contributed by atoms with E-state index in [4.69, 9.17) is 9.47 Å². The largest absolute Gasteiger partial charge is 0.506 e. The highest BCUT2D eigenvalue weighted by atomic mass is 79.9. The topological polar surface area (TPSA) is 84.9 Å². The van der Waals surface area contributed by atoms with Gasteiger partial charge in [0.25, 0.3) is 0 Å². The minimum Gasteiger partial charge on any atom is -0.506 e. The van der Waals surface area contributed by atoms with E-state index in [1.165, 1.54) is 0 Å². The third kappa shape index (κ3) is 7.24.